The fourth-order valence-corrected chi connectivity index (χ4v) is 5.20. The molecule has 0 amide bonds. The van der Waals surface area contributed by atoms with E-state index in [4.69, 9.17) is 9.40 Å². The number of halogens is 1. The second kappa shape index (κ2) is 7.19. The first kappa shape index (κ1) is 18.6. The normalized spacial score (nSPS) is 15.3. The van der Waals surface area contributed by atoms with E-state index < -0.39 is 0 Å². The number of aromatic nitrogens is 1. The van der Waals surface area contributed by atoms with Crippen LogP contribution in [-0.2, 0) is 0 Å². The van der Waals surface area contributed by atoms with Gasteiger partial charge in [-0.05, 0) is 67.1 Å². The summed E-state index contributed by atoms with van der Waals surface area (Å²) < 4.78 is 20.6. The molecular weight excluding hydrogens is 385 g/mol. The minimum absolute atomic E-state index is 0.241. The molecule has 0 bridgehead atoms. The number of rotatable bonds is 2. The monoisotopic (exact) mass is 409 g/mol. The van der Waals surface area contributed by atoms with Crippen LogP contribution in [0.1, 0.15) is 49.3 Å². The summed E-state index contributed by atoms with van der Waals surface area (Å²) in [5.74, 6) is 0.229. The number of nitrogens with zero attached hydrogens (tertiary/aromatic N) is 1. The standard InChI is InChI=1S/C28H24FNO/c1-17-13-23-21-9-5-6-10-26(21)31-28(23)24(14-17)27-22-16-20(29)12-11-19(22)15-25(30-27)18-7-3-2-4-8-18/h5-6,9-16,18H,2-4,7-8H2,1H3. The summed E-state index contributed by atoms with van der Waals surface area (Å²) >= 11 is 0. The van der Waals surface area contributed by atoms with E-state index in [1.165, 1.54) is 32.1 Å². The van der Waals surface area contributed by atoms with Crippen molar-refractivity contribution in [3.8, 4) is 11.3 Å². The minimum atomic E-state index is -0.241. The molecule has 0 aliphatic heterocycles. The van der Waals surface area contributed by atoms with Crippen molar-refractivity contribution in [1.82, 2.24) is 4.98 Å². The fourth-order valence-electron chi connectivity index (χ4n) is 5.20. The zero-order valence-corrected chi connectivity index (χ0v) is 17.6. The van der Waals surface area contributed by atoms with E-state index in [1.807, 2.05) is 24.3 Å². The molecule has 0 saturated heterocycles. The summed E-state index contributed by atoms with van der Waals surface area (Å²) in [6, 6.07) is 19.6. The Balaban J connectivity index is 1.68. The fraction of sp³-hybridized carbons (Fsp3) is 0.250. The van der Waals surface area contributed by atoms with Gasteiger partial charge in [0.25, 0.3) is 0 Å². The van der Waals surface area contributed by atoms with Crippen molar-refractivity contribution in [3.05, 3.63) is 77.7 Å². The number of hydrogen-bond donors (Lipinski definition) is 0. The summed E-state index contributed by atoms with van der Waals surface area (Å²) in [5, 5.41) is 4.06. The summed E-state index contributed by atoms with van der Waals surface area (Å²) in [4.78, 5) is 5.17. The van der Waals surface area contributed by atoms with Gasteiger partial charge in [-0.2, -0.15) is 0 Å². The molecule has 31 heavy (non-hydrogen) atoms. The van der Waals surface area contributed by atoms with Crippen LogP contribution in [0.2, 0.25) is 0 Å². The average Bonchev–Trinajstić information content (AvgIpc) is 3.17. The quantitative estimate of drug-likeness (QED) is 0.293. The second-order valence-electron chi connectivity index (χ2n) is 8.88. The van der Waals surface area contributed by atoms with Crippen molar-refractivity contribution < 1.29 is 8.81 Å². The third-order valence-corrected chi connectivity index (χ3v) is 6.72. The molecule has 5 aromatic rings. The van der Waals surface area contributed by atoms with E-state index in [1.54, 1.807) is 12.1 Å². The van der Waals surface area contributed by atoms with Crippen LogP contribution >= 0.6 is 0 Å². The largest absolute Gasteiger partial charge is 0.455 e. The number of benzene rings is 3. The van der Waals surface area contributed by atoms with E-state index in [-0.39, 0.29) is 5.82 Å². The van der Waals surface area contributed by atoms with E-state index in [0.29, 0.717) is 5.92 Å². The van der Waals surface area contributed by atoms with Crippen molar-refractivity contribution in [2.75, 3.05) is 0 Å². The number of furan rings is 1. The molecule has 1 aliphatic rings. The predicted molar refractivity (Wildman–Crippen MR) is 125 cm³/mol. The molecule has 1 fully saturated rings. The highest BCUT2D eigenvalue weighted by Gasteiger charge is 2.21. The Bertz CT molecular complexity index is 1440. The third kappa shape index (κ3) is 3.11. The van der Waals surface area contributed by atoms with Gasteiger partial charge >= 0.3 is 0 Å². The zero-order valence-electron chi connectivity index (χ0n) is 17.6. The smallest absolute Gasteiger partial charge is 0.144 e. The first-order valence-corrected chi connectivity index (χ1v) is 11.2. The first-order valence-electron chi connectivity index (χ1n) is 11.2. The summed E-state index contributed by atoms with van der Waals surface area (Å²) in [6.45, 7) is 2.10. The molecule has 2 heterocycles. The van der Waals surface area contributed by atoms with Gasteiger partial charge in [-0.15, -0.1) is 0 Å². The summed E-state index contributed by atoms with van der Waals surface area (Å²) in [6.07, 6.45) is 6.16. The van der Waals surface area contributed by atoms with E-state index in [2.05, 4.69) is 31.2 Å². The molecule has 1 aliphatic carbocycles. The summed E-state index contributed by atoms with van der Waals surface area (Å²) in [5.41, 5.74) is 5.72. The maximum absolute atomic E-state index is 14.3. The Kier molecular flexibility index (Phi) is 4.31. The highest BCUT2D eigenvalue weighted by molar-refractivity contribution is 6.11. The Morgan fingerprint density at radius 1 is 0.871 bits per heavy atom. The van der Waals surface area contributed by atoms with Gasteiger partial charge in [0, 0.05) is 33.3 Å². The van der Waals surface area contributed by atoms with E-state index in [9.17, 15) is 4.39 Å². The van der Waals surface area contributed by atoms with Crippen LogP contribution in [0, 0.1) is 12.7 Å². The van der Waals surface area contributed by atoms with Crippen molar-refractivity contribution >= 4 is 32.7 Å². The maximum atomic E-state index is 14.3. The van der Waals surface area contributed by atoms with Gasteiger partial charge in [0.2, 0.25) is 0 Å². The van der Waals surface area contributed by atoms with Crippen LogP contribution in [0.25, 0.3) is 44.0 Å². The van der Waals surface area contributed by atoms with E-state index in [0.717, 1.165) is 55.2 Å². The number of pyridine rings is 1. The predicted octanol–water partition coefficient (Wildman–Crippen LogP) is 8.30. The molecule has 0 spiro atoms. The molecule has 0 atom stereocenters. The lowest BCUT2D eigenvalue weighted by atomic mass is 9.85. The van der Waals surface area contributed by atoms with Crippen LogP contribution in [-0.4, -0.2) is 4.98 Å². The van der Waals surface area contributed by atoms with Crippen molar-refractivity contribution in [2.45, 2.75) is 44.9 Å². The number of aryl methyl sites for hydroxylation is 1. The second-order valence-corrected chi connectivity index (χ2v) is 8.88. The van der Waals surface area contributed by atoms with Gasteiger partial charge in [0.1, 0.15) is 17.0 Å². The van der Waals surface area contributed by atoms with Gasteiger partial charge in [0.15, 0.2) is 0 Å². The molecule has 3 heteroatoms. The Morgan fingerprint density at radius 2 is 1.71 bits per heavy atom. The van der Waals surface area contributed by atoms with Gasteiger partial charge in [-0.1, -0.05) is 43.5 Å². The highest BCUT2D eigenvalue weighted by atomic mass is 19.1. The lowest BCUT2D eigenvalue weighted by Gasteiger charge is -2.22. The average molecular weight is 410 g/mol. The molecular formula is C28H24FNO. The molecule has 2 nitrogen and oxygen atoms in total. The maximum Gasteiger partial charge on any atom is 0.144 e. The minimum Gasteiger partial charge on any atom is -0.455 e. The van der Waals surface area contributed by atoms with Crippen LogP contribution in [0.15, 0.2) is 65.1 Å². The van der Waals surface area contributed by atoms with Crippen LogP contribution in [0.4, 0.5) is 4.39 Å². The van der Waals surface area contributed by atoms with Crippen LogP contribution < -0.4 is 0 Å². The highest BCUT2D eigenvalue weighted by Crippen LogP contribution is 2.40. The molecule has 6 rings (SSSR count). The first-order chi connectivity index (χ1) is 15.2. The Morgan fingerprint density at radius 3 is 2.58 bits per heavy atom. The Labute approximate surface area is 180 Å². The zero-order chi connectivity index (χ0) is 20.9. The van der Waals surface area contributed by atoms with Gasteiger partial charge in [-0.3, -0.25) is 4.98 Å². The van der Waals surface area contributed by atoms with Crippen molar-refractivity contribution in [3.63, 3.8) is 0 Å². The molecule has 1 saturated carbocycles. The molecule has 3 aromatic carbocycles. The number of para-hydroxylation sites is 1. The lowest BCUT2D eigenvalue weighted by Crippen LogP contribution is -2.07. The third-order valence-electron chi connectivity index (χ3n) is 6.72. The Hall–Kier alpha value is -3.20. The van der Waals surface area contributed by atoms with Crippen molar-refractivity contribution in [1.29, 1.82) is 0 Å². The van der Waals surface area contributed by atoms with Crippen LogP contribution in [0.5, 0.6) is 0 Å². The van der Waals surface area contributed by atoms with Crippen LogP contribution in [0.3, 0.4) is 0 Å². The number of hydrogen-bond acceptors (Lipinski definition) is 2. The van der Waals surface area contributed by atoms with Crippen molar-refractivity contribution in [2.24, 2.45) is 0 Å². The summed E-state index contributed by atoms with van der Waals surface area (Å²) in [7, 11) is 0. The number of fused-ring (bicyclic) bond motifs is 4. The molecule has 154 valence electrons. The SMILES string of the molecule is Cc1cc(-c2nc(C3CCCCC3)cc3ccc(F)cc23)c2oc3ccccc3c2c1. The molecule has 2 aromatic heterocycles. The van der Waals surface area contributed by atoms with Gasteiger partial charge < -0.3 is 4.42 Å². The molecule has 0 unspecified atom stereocenters. The topological polar surface area (TPSA) is 26.0 Å². The molecule has 0 N–H and O–H groups in total. The molecule has 0 radical (unpaired) electrons. The lowest BCUT2D eigenvalue weighted by molar-refractivity contribution is 0.437. The van der Waals surface area contributed by atoms with Gasteiger partial charge in [0.05, 0.1) is 5.69 Å². The van der Waals surface area contributed by atoms with E-state index >= 15 is 0 Å². The van der Waals surface area contributed by atoms with Gasteiger partial charge in [-0.25, -0.2) is 4.39 Å².